The van der Waals surface area contributed by atoms with Gasteiger partial charge < -0.3 is 5.32 Å². The monoisotopic (exact) mass is 313 g/mol. The summed E-state index contributed by atoms with van der Waals surface area (Å²) in [4.78, 5) is 2.59. The molecule has 4 heteroatoms. The van der Waals surface area contributed by atoms with E-state index in [1.807, 2.05) is 6.07 Å². The van der Waals surface area contributed by atoms with E-state index >= 15 is 0 Å². The molecule has 0 radical (unpaired) electrons. The number of rotatable bonds is 4. The molecule has 0 fully saturated rings. The fraction of sp³-hybridized carbons (Fsp3) is 0.231. The average molecular weight is 314 g/mol. The first-order valence-electron chi connectivity index (χ1n) is 5.45. The molecule has 0 unspecified atom stereocenters. The molecule has 1 aromatic heterocycles. The number of hydrogen-bond acceptors (Lipinski definition) is 2. The van der Waals surface area contributed by atoms with Crippen molar-refractivity contribution in [2.24, 2.45) is 0 Å². The lowest BCUT2D eigenvalue weighted by Crippen LogP contribution is -1.99. The van der Waals surface area contributed by atoms with E-state index in [2.05, 4.69) is 40.3 Å². The predicted octanol–water partition coefficient (Wildman–Crippen LogP) is 4.82. The highest BCUT2D eigenvalue weighted by Gasteiger charge is 2.03. The number of nitrogens with one attached hydrogen (secondary N) is 1. The Bertz CT molecular complexity index is 510. The Morgan fingerprint density at radius 1 is 1.24 bits per heavy atom. The molecular weight excluding hydrogens is 301 g/mol. The first kappa shape index (κ1) is 12.6. The van der Waals surface area contributed by atoms with Crippen LogP contribution in [0.3, 0.4) is 0 Å². The minimum atomic E-state index is -0.230. The van der Waals surface area contributed by atoms with Crippen LogP contribution in [0.1, 0.15) is 16.7 Å². The van der Waals surface area contributed by atoms with Gasteiger partial charge >= 0.3 is 0 Å². The second-order valence-electron chi connectivity index (χ2n) is 3.70. The number of thiophene rings is 1. The number of benzene rings is 1. The van der Waals surface area contributed by atoms with Crippen molar-refractivity contribution in [1.82, 2.24) is 0 Å². The van der Waals surface area contributed by atoms with Crippen LogP contribution in [0.2, 0.25) is 0 Å². The third-order valence-corrected chi connectivity index (χ3v) is 4.17. The number of halogens is 2. The largest absolute Gasteiger partial charge is 0.378 e. The molecule has 0 aliphatic carbocycles. The van der Waals surface area contributed by atoms with Crippen LogP contribution >= 0.6 is 27.3 Å². The molecule has 17 heavy (non-hydrogen) atoms. The lowest BCUT2D eigenvalue weighted by molar-refractivity contribution is 0.629. The van der Waals surface area contributed by atoms with Crippen LogP contribution in [0.25, 0.3) is 0 Å². The van der Waals surface area contributed by atoms with Gasteiger partial charge in [0.15, 0.2) is 0 Å². The minimum Gasteiger partial charge on any atom is -0.378 e. The van der Waals surface area contributed by atoms with Crippen molar-refractivity contribution in [1.29, 1.82) is 0 Å². The molecule has 1 heterocycles. The molecule has 90 valence electrons. The summed E-state index contributed by atoms with van der Waals surface area (Å²) in [5, 5.41) is 3.11. The molecule has 0 atom stereocenters. The van der Waals surface area contributed by atoms with Gasteiger partial charge in [-0.1, -0.05) is 22.9 Å². The van der Waals surface area contributed by atoms with E-state index in [0.29, 0.717) is 12.2 Å². The molecule has 0 saturated heterocycles. The van der Waals surface area contributed by atoms with E-state index < -0.39 is 0 Å². The predicted molar refractivity (Wildman–Crippen MR) is 75.1 cm³/mol. The fourth-order valence-electron chi connectivity index (χ4n) is 1.52. The Balaban J connectivity index is 2.02. The Morgan fingerprint density at radius 2 is 2.00 bits per heavy atom. The topological polar surface area (TPSA) is 12.0 Å². The van der Waals surface area contributed by atoms with E-state index in [-0.39, 0.29) is 5.82 Å². The quantitative estimate of drug-likeness (QED) is 0.853. The molecule has 0 aliphatic rings. The minimum absolute atomic E-state index is 0.230. The number of anilines is 1. The SMILES string of the molecule is CCc1ccc(CNc2ccc(Br)cc2F)s1. The van der Waals surface area contributed by atoms with Crippen LogP contribution in [0, 0.1) is 5.82 Å². The van der Waals surface area contributed by atoms with Crippen molar-refractivity contribution in [3.05, 3.63) is 50.4 Å². The molecule has 1 nitrogen and oxygen atoms in total. The van der Waals surface area contributed by atoms with Crippen molar-refractivity contribution in [3.8, 4) is 0 Å². The van der Waals surface area contributed by atoms with Crippen molar-refractivity contribution < 1.29 is 4.39 Å². The standard InChI is InChI=1S/C13H13BrFNS/c1-2-10-4-5-11(17-10)8-16-13-6-3-9(14)7-12(13)15/h3-7,16H,2,8H2,1H3. The summed E-state index contributed by atoms with van der Waals surface area (Å²) in [6.07, 6.45) is 1.05. The zero-order chi connectivity index (χ0) is 12.3. The van der Waals surface area contributed by atoms with Gasteiger partial charge in [-0.25, -0.2) is 4.39 Å². The summed E-state index contributed by atoms with van der Waals surface area (Å²) in [6.45, 7) is 2.81. The van der Waals surface area contributed by atoms with E-state index in [4.69, 9.17) is 0 Å². The summed E-state index contributed by atoms with van der Waals surface area (Å²) < 4.78 is 14.3. The maximum Gasteiger partial charge on any atom is 0.147 e. The highest BCUT2D eigenvalue weighted by atomic mass is 79.9. The normalized spacial score (nSPS) is 10.5. The maximum absolute atomic E-state index is 13.5. The van der Waals surface area contributed by atoms with Gasteiger partial charge in [-0.05, 0) is 36.8 Å². The van der Waals surface area contributed by atoms with Crippen molar-refractivity contribution in [2.75, 3.05) is 5.32 Å². The smallest absolute Gasteiger partial charge is 0.147 e. The van der Waals surface area contributed by atoms with Crippen molar-refractivity contribution >= 4 is 33.0 Å². The van der Waals surface area contributed by atoms with Gasteiger partial charge in [-0.2, -0.15) is 0 Å². The van der Waals surface area contributed by atoms with E-state index in [9.17, 15) is 4.39 Å². The van der Waals surface area contributed by atoms with Gasteiger partial charge in [-0.15, -0.1) is 11.3 Å². The van der Waals surface area contributed by atoms with Gasteiger partial charge in [0, 0.05) is 20.8 Å². The molecule has 1 aromatic carbocycles. The Morgan fingerprint density at radius 3 is 2.65 bits per heavy atom. The highest BCUT2D eigenvalue weighted by Crippen LogP contribution is 2.22. The second-order valence-corrected chi connectivity index (χ2v) is 5.87. The zero-order valence-corrected chi connectivity index (χ0v) is 11.9. The molecule has 0 spiro atoms. The van der Waals surface area contributed by atoms with Crippen LogP contribution in [0.15, 0.2) is 34.8 Å². The summed E-state index contributed by atoms with van der Waals surface area (Å²) in [5.74, 6) is -0.230. The molecule has 0 amide bonds. The van der Waals surface area contributed by atoms with E-state index in [0.717, 1.165) is 10.9 Å². The summed E-state index contributed by atoms with van der Waals surface area (Å²) in [5.41, 5.74) is 0.541. The Kier molecular flexibility index (Phi) is 4.18. The molecule has 1 N–H and O–H groups in total. The second kappa shape index (κ2) is 5.65. The Labute approximate surface area is 113 Å². The van der Waals surface area contributed by atoms with Gasteiger partial charge in [0.25, 0.3) is 0 Å². The number of hydrogen-bond donors (Lipinski definition) is 1. The van der Waals surface area contributed by atoms with Gasteiger partial charge in [0.2, 0.25) is 0 Å². The molecule has 2 aromatic rings. The third kappa shape index (κ3) is 3.30. The van der Waals surface area contributed by atoms with Gasteiger partial charge in [0.05, 0.1) is 5.69 Å². The van der Waals surface area contributed by atoms with E-state index in [1.165, 1.54) is 15.8 Å². The zero-order valence-electron chi connectivity index (χ0n) is 9.47. The first-order valence-corrected chi connectivity index (χ1v) is 7.06. The maximum atomic E-state index is 13.5. The summed E-state index contributed by atoms with van der Waals surface area (Å²) >= 11 is 5.01. The molecule has 2 rings (SSSR count). The molecular formula is C13H13BrFNS. The van der Waals surface area contributed by atoms with Crippen LogP contribution in [0.4, 0.5) is 10.1 Å². The summed E-state index contributed by atoms with van der Waals surface area (Å²) in [7, 11) is 0. The van der Waals surface area contributed by atoms with Crippen LogP contribution < -0.4 is 5.32 Å². The van der Waals surface area contributed by atoms with Gasteiger partial charge in [0.1, 0.15) is 5.82 Å². The first-order chi connectivity index (χ1) is 8.19. The molecule has 0 bridgehead atoms. The van der Waals surface area contributed by atoms with Crippen LogP contribution in [0.5, 0.6) is 0 Å². The lowest BCUT2D eigenvalue weighted by atomic mass is 10.3. The lowest BCUT2D eigenvalue weighted by Gasteiger charge is -2.06. The van der Waals surface area contributed by atoms with Crippen LogP contribution in [-0.2, 0) is 13.0 Å². The highest BCUT2D eigenvalue weighted by molar-refractivity contribution is 9.10. The summed E-state index contributed by atoms with van der Waals surface area (Å²) in [6, 6.07) is 9.26. The molecule has 0 aliphatic heterocycles. The van der Waals surface area contributed by atoms with Crippen molar-refractivity contribution in [2.45, 2.75) is 19.9 Å². The molecule has 0 saturated carbocycles. The van der Waals surface area contributed by atoms with Crippen LogP contribution in [-0.4, -0.2) is 0 Å². The Hall–Kier alpha value is -0.870. The fourth-order valence-corrected chi connectivity index (χ4v) is 2.75. The third-order valence-electron chi connectivity index (χ3n) is 2.45. The van der Waals surface area contributed by atoms with Gasteiger partial charge in [-0.3, -0.25) is 0 Å². The average Bonchev–Trinajstić information content (AvgIpc) is 2.76. The number of aryl methyl sites for hydroxylation is 1. The van der Waals surface area contributed by atoms with E-state index in [1.54, 1.807) is 17.4 Å². The van der Waals surface area contributed by atoms with Crippen molar-refractivity contribution in [3.63, 3.8) is 0 Å².